The molecule has 0 saturated carbocycles. The highest BCUT2D eigenvalue weighted by atomic mass is 16.6. The van der Waals surface area contributed by atoms with Gasteiger partial charge in [-0.2, -0.15) is 0 Å². The van der Waals surface area contributed by atoms with Gasteiger partial charge in [-0.15, -0.1) is 0 Å². The van der Waals surface area contributed by atoms with Crippen molar-refractivity contribution < 1.29 is 29.2 Å². The Morgan fingerprint density at radius 2 is 1.56 bits per heavy atom. The summed E-state index contributed by atoms with van der Waals surface area (Å²) in [6, 6.07) is 18.7. The van der Waals surface area contributed by atoms with Gasteiger partial charge in [0.25, 0.3) is 23.4 Å². The number of nitro groups is 1. The molecule has 0 aliphatic carbocycles. The van der Waals surface area contributed by atoms with E-state index < -0.39 is 28.6 Å². The second kappa shape index (κ2) is 8.44. The van der Waals surface area contributed by atoms with E-state index >= 15 is 0 Å². The van der Waals surface area contributed by atoms with E-state index in [1.165, 1.54) is 72.8 Å². The van der Waals surface area contributed by atoms with E-state index in [-0.39, 0.29) is 50.1 Å². The van der Waals surface area contributed by atoms with Crippen molar-refractivity contribution in [3.63, 3.8) is 0 Å². The second-order valence-electron chi connectivity index (χ2n) is 7.92. The number of hydrogen-bond donors (Lipinski definition) is 2. The van der Waals surface area contributed by atoms with Gasteiger partial charge in [0.1, 0.15) is 0 Å². The van der Waals surface area contributed by atoms with Crippen LogP contribution >= 0.6 is 0 Å². The summed E-state index contributed by atoms with van der Waals surface area (Å²) < 4.78 is 0. The van der Waals surface area contributed by atoms with E-state index in [4.69, 9.17) is 0 Å². The molecule has 1 aliphatic rings. The van der Waals surface area contributed by atoms with Gasteiger partial charge >= 0.3 is 5.97 Å². The summed E-state index contributed by atoms with van der Waals surface area (Å²) in [5.74, 6) is -3.22. The number of benzene rings is 4. The van der Waals surface area contributed by atoms with Gasteiger partial charge in [-0.25, -0.2) is 9.69 Å². The van der Waals surface area contributed by atoms with E-state index in [2.05, 4.69) is 5.32 Å². The number of nitrogens with zero attached hydrogens (tertiary/aromatic N) is 2. The molecule has 0 atom stereocenters. The van der Waals surface area contributed by atoms with Crippen LogP contribution in [0.4, 0.5) is 17.1 Å². The number of carbonyl (C=O) groups is 4. The predicted molar refractivity (Wildman–Crippen MR) is 130 cm³/mol. The first kappa shape index (κ1) is 22.4. The van der Waals surface area contributed by atoms with Crippen molar-refractivity contribution in [2.75, 3.05) is 10.2 Å². The molecule has 0 aromatic heterocycles. The Bertz CT molecular complexity index is 1620. The number of carboxylic acids is 1. The molecule has 2 N–H and O–H groups in total. The minimum Gasteiger partial charge on any atom is -0.478 e. The number of carboxylic acid groups (broad SMARTS) is 1. The first-order valence-electron chi connectivity index (χ1n) is 10.6. The Labute approximate surface area is 202 Å². The molecule has 4 aromatic carbocycles. The minimum absolute atomic E-state index is 0.0843. The lowest BCUT2D eigenvalue weighted by Gasteiger charge is -2.27. The monoisotopic (exact) mass is 481 g/mol. The first-order chi connectivity index (χ1) is 17.3. The van der Waals surface area contributed by atoms with Crippen molar-refractivity contribution in [1.82, 2.24) is 0 Å². The Kier molecular flexibility index (Phi) is 5.25. The number of imide groups is 1. The summed E-state index contributed by atoms with van der Waals surface area (Å²) in [6.07, 6.45) is 0. The van der Waals surface area contributed by atoms with Crippen LogP contribution in [0.5, 0.6) is 0 Å². The molecule has 0 bridgehead atoms. The number of hydrogen-bond acceptors (Lipinski definition) is 6. The summed E-state index contributed by atoms with van der Waals surface area (Å²) in [5, 5.41) is 23.7. The molecule has 176 valence electrons. The standard InChI is InChI=1S/C26H15N3O7/c30-23(27-20-10-2-1-7-16(20)26(33)34)14-5-3-6-15(13-14)28-24(31)18-9-4-8-17-21(29(35)36)12-11-19(22(17)18)25(28)32/h1-13H,(H,27,30)(H,33,34). The molecule has 1 aliphatic heterocycles. The topological polar surface area (TPSA) is 147 Å². The summed E-state index contributed by atoms with van der Waals surface area (Å²) in [4.78, 5) is 62.8. The number of non-ortho nitro benzene ring substituents is 1. The SMILES string of the molecule is O=C(Nc1ccccc1C(=O)O)c1cccc(N2C(=O)c3cccc4c([N+](=O)[O-])ccc(c34)C2=O)c1. The first-order valence-corrected chi connectivity index (χ1v) is 10.6. The summed E-state index contributed by atoms with van der Waals surface area (Å²) >= 11 is 0. The molecule has 5 rings (SSSR count). The fraction of sp³-hybridized carbons (Fsp3) is 0. The zero-order valence-corrected chi connectivity index (χ0v) is 18.3. The highest BCUT2D eigenvalue weighted by molar-refractivity contribution is 6.36. The highest BCUT2D eigenvalue weighted by Gasteiger charge is 2.35. The maximum atomic E-state index is 13.4. The molecule has 36 heavy (non-hydrogen) atoms. The van der Waals surface area contributed by atoms with Crippen LogP contribution in [0.1, 0.15) is 41.4 Å². The summed E-state index contributed by atoms with van der Waals surface area (Å²) in [6.45, 7) is 0. The smallest absolute Gasteiger partial charge is 0.337 e. The molecule has 0 spiro atoms. The molecular formula is C26H15N3O7. The van der Waals surface area contributed by atoms with Crippen LogP contribution in [0.25, 0.3) is 10.8 Å². The molecule has 0 unspecified atom stereocenters. The van der Waals surface area contributed by atoms with Crippen molar-refractivity contribution in [2.24, 2.45) is 0 Å². The van der Waals surface area contributed by atoms with Crippen LogP contribution in [0.3, 0.4) is 0 Å². The van der Waals surface area contributed by atoms with E-state index in [1.54, 1.807) is 6.07 Å². The van der Waals surface area contributed by atoms with Gasteiger partial charge in [-0.05, 0) is 48.5 Å². The normalized spacial score (nSPS) is 12.5. The number of amides is 3. The van der Waals surface area contributed by atoms with Crippen LogP contribution in [-0.2, 0) is 0 Å². The number of nitro benzene ring substituents is 1. The molecule has 10 heteroatoms. The predicted octanol–water partition coefficient (Wildman–Crippen LogP) is 4.50. The Morgan fingerprint density at radius 1 is 0.861 bits per heavy atom. The van der Waals surface area contributed by atoms with E-state index in [1.807, 2.05) is 0 Å². The van der Waals surface area contributed by atoms with E-state index in [9.17, 15) is 34.4 Å². The molecule has 0 radical (unpaired) electrons. The highest BCUT2D eigenvalue weighted by Crippen LogP contribution is 2.37. The van der Waals surface area contributed by atoms with Crippen molar-refractivity contribution in [1.29, 1.82) is 0 Å². The zero-order valence-electron chi connectivity index (χ0n) is 18.3. The maximum absolute atomic E-state index is 13.4. The van der Waals surface area contributed by atoms with Gasteiger partial charge in [0.05, 0.1) is 27.2 Å². The number of anilines is 2. The number of rotatable bonds is 5. The summed E-state index contributed by atoms with van der Waals surface area (Å²) in [5.41, 5.74) is 0.220. The average Bonchev–Trinajstić information content (AvgIpc) is 2.87. The van der Waals surface area contributed by atoms with Crippen LogP contribution in [0.15, 0.2) is 78.9 Å². The third-order valence-corrected chi connectivity index (χ3v) is 5.85. The third-order valence-electron chi connectivity index (χ3n) is 5.85. The van der Waals surface area contributed by atoms with Gasteiger partial charge in [-0.3, -0.25) is 24.5 Å². The molecule has 1 heterocycles. The lowest BCUT2D eigenvalue weighted by Crippen LogP contribution is -2.40. The van der Waals surface area contributed by atoms with E-state index in [0.29, 0.717) is 0 Å². The van der Waals surface area contributed by atoms with Crippen LogP contribution in [0, 0.1) is 10.1 Å². The fourth-order valence-corrected chi connectivity index (χ4v) is 4.23. The molecule has 3 amide bonds. The van der Waals surface area contributed by atoms with Crippen LogP contribution < -0.4 is 10.2 Å². The fourth-order valence-electron chi connectivity index (χ4n) is 4.23. The number of nitrogens with one attached hydrogen (secondary N) is 1. The molecular weight excluding hydrogens is 466 g/mol. The van der Waals surface area contributed by atoms with Gasteiger partial charge in [-0.1, -0.05) is 24.3 Å². The van der Waals surface area contributed by atoms with Gasteiger partial charge < -0.3 is 10.4 Å². The summed E-state index contributed by atoms with van der Waals surface area (Å²) in [7, 11) is 0. The molecule has 4 aromatic rings. The van der Waals surface area contributed by atoms with Crippen LogP contribution in [0.2, 0.25) is 0 Å². The zero-order chi connectivity index (χ0) is 25.6. The number of carbonyl (C=O) groups excluding carboxylic acids is 3. The number of para-hydroxylation sites is 1. The van der Waals surface area contributed by atoms with Gasteiger partial charge in [0.15, 0.2) is 0 Å². The minimum atomic E-state index is -1.21. The Hall–Kier alpha value is -5.38. The second-order valence-corrected chi connectivity index (χ2v) is 7.92. The van der Waals surface area contributed by atoms with E-state index in [0.717, 1.165) is 4.90 Å². The van der Waals surface area contributed by atoms with Gasteiger partial charge in [0, 0.05) is 28.1 Å². The molecule has 0 saturated heterocycles. The van der Waals surface area contributed by atoms with Crippen LogP contribution in [-0.4, -0.2) is 33.7 Å². The molecule has 10 nitrogen and oxygen atoms in total. The number of aromatic carboxylic acids is 1. The van der Waals surface area contributed by atoms with Crippen molar-refractivity contribution in [2.45, 2.75) is 0 Å². The Morgan fingerprint density at radius 3 is 2.28 bits per heavy atom. The Balaban J connectivity index is 1.53. The molecule has 0 fully saturated rings. The largest absolute Gasteiger partial charge is 0.478 e. The maximum Gasteiger partial charge on any atom is 0.337 e. The van der Waals surface area contributed by atoms with Crippen molar-refractivity contribution >= 4 is 51.5 Å². The lowest BCUT2D eigenvalue weighted by molar-refractivity contribution is -0.383. The lowest BCUT2D eigenvalue weighted by atomic mass is 9.92. The van der Waals surface area contributed by atoms with Crippen molar-refractivity contribution in [3.8, 4) is 0 Å². The van der Waals surface area contributed by atoms with Gasteiger partial charge in [0.2, 0.25) is 0 Å². The quantitative estimate of drug-likeness (QED) is 0.242. The van der Waals surface area contributed by atoms with Crippen molar-refractivity contribution in [3.05, 3.63) is 111 Å². The third kappa shape index (κ3) is 3.53. The average molecular weight is 481 g/mol.